The highest BCUT2D eigenvalue weighted by molar-refractivity contribution is 9.10. The molecule has 114 valence electrons. The van der Waals surface area contributed by atoms with E-state index in [1.165, 1.54) is 5.56 Å². The van der Waals surface area contributed by atoms with E-state index in [2.05, 4.69) is 21.2 Å². The van der Waals surface area contributed by atoms with Crippen LogP contribution >= 0.6 is 15.9 Å². The van der Waals surface area contributed by atoms with Crippen LogP contribution in [0.3, 0.4) is 0 Å². The Labute approximate surface area is 137 Å². The van der Waals surface area contributed by atoms with Crippen LogP contribution in [0.1, 0.15) is 11.1 Å². The Hall–Kier alpha value is -2.01. The molecule has 2 aromatic rings. The summed E-state index contributed by atoms with van der Waals surface area (Å²) in [6.45, 7) is 3.08. The number of anilines is 1. The van der Waals surface area contributed by atoms with Gasteiger partial charge in [-0.2, -0.15) is 0 Å². The van der Waals surface area contributed by atoms with Gasteiger partial charge in [-0.15, -0.1) is 0 Å². The first-order valence-corrected chi connectivity index (χ1v) is 7.85. The lowest BCUT2D eigenvalue weighted by molar-refractivity contribution is -0.115. The van der Waals surface area contributed by atoms with Crippen LogP contribution in [0.25, 0.3) is 0 Å². The first-order chi connectivity index (χ1) is 10.6. The van der Waals surface area contributed by atoms with Crippen LogP contribution in [0, 0.1) is 6.92 Å². The van der Waals surface area contributed by atoms with Gasteiger partial charge in [-0.3, -0.25) is 4.79 Å². The summed E-state index contributed by atoms with van der Waals surface area (Å²) in [6, 6.07) is 11.5. The highest BCUT2D eigenvalue weighted by Gasteiger charge is 2.16. The van der Waals surface area contributed by atoms with Gasteiger partial charge in [0.05, 0.1) is 12.1 Å². The molecule has 0 unspecified atom stereocenters. The van der Waals surface area contributed by atoms with Gasteiger partial charge in [-0.05, 0) is 28.4 Å². The van der Waals surface area contributed by atoms with Crippen molar-refractivity contribution >= 4 is 27.5 Å². The SMILES string of the molecule is Cc1ccc(CC(=O)Nc2cc3c(cc2Br)OCCO3)cc1. The van der Waals surface area contributed by atoms with Crippen LogP contribution in [-0.4, -0.2) is 19.1 Å². The van der Waals surface area contributed by atoms with Crippen LogP contribution < -0.4 is 14.8 Å². The average Bonchev–Trinajstić information content (AvgIpc) is 2.50. The minimum atomic E-state index is -0.0683. The molecule has 2 aromatic carbocycles. The molecule has 1 N–H and O–H groups in total. The van der Waals surface area contributed by atoms with Crippen molar-refractivity contribution in [3.05, 3.63) is 52.0 Å². The largest absolute Gasteiger partial charge is 0.486 e. The Morgan fingerprint density at radius 1 is 1.14 bits per heavy atom. The minimum absolute atomic E-state index is 0.0683. The van der Waals surface area contributed by atoms with E-state index < -0.39 is 0 Å². The van der Waals surface area contributed by atoms with E-state index in [-0.39, 0.29) is 5.91 Å². The summed E-state index contributed by atoms with van der Waals surface area (Å²) >= 11 is 3.45. The maximum atomic E-state index is 12.2. The zero-order chi connectivity index (χ0) is 15.5. The van der Waals surface area contributed by atoms with Crippen molar-refractivity contribution in [2.24, 2.45) is 0 Å². The van der Waals surface area contributed by atoms with Crippen LogP contribution in [0.15, 0.2) is 40.9 Å². The molecule has 0 aliphatic carbocycles. The summed E-state index contributed by atoms with van der Waals surface area (Å²) in [5, 5.41) is 2.90. The van der Waals surface area contributed by atoms with Gasteiger partial charge < -0.3 is 14.8 Å². The molecule has 4 nitrogen and oxygen atoms in total. The topological polar surface area (TPSA) is 47.6 Å². The Morgan fingerprint density at radius 2 is 1.77 bits per heavy atom. The first kappa shape index (κ1) is 14.9. The van der Waals surface area contributed by atoms with Gasteiger partial charge in [0.2, 0.25) is 5.91 Å². The van der Waals surface area contributed by atoms with Crippen molar-refractivity contribution in [1.82, 2.24) is 0 Å². The smallest absolute Gasteiger partial charge is 0.228 e. The van der Waals surface area contributed by atoms with Gasteiger partial charge >= 0.3 is 0 Å². The third-order valence-corrected chi connectivity index (χ3v) is 4.05. The zero-order valence-corrected chi connectivity index (χ0v) is 13.8. The second kappa shape index (κ2) is 6.40. The van der Waals surface area contributed by atoms with E-state index in [0.717, 1.165) is 10.0 Å². The van der Waals surface area contributed by atoms with E-state index in [9.17, 15) is 4.79 Å². The molecule has 5 heteroatoms. The molecular weight excluding hydrogens is 346 g/mol. The summed E-state index contributed by atoms with van der Waals surface area (Å²) in [5.74, 6) is 1.27. The average molecular weight is 362 g/mol. The van der Waals surface area contributed by atoms with Gasteiger partial charge in [-0.1, -0.05) is 29.8 Å². The number of benzene rings is 2. The molecule has 0 radical (unpaired) electrons. The molecule has 1 heterocycles. The van der Waals surface area contributed by atoms with E-state index >= 15 is 0 Å². The van der Waals surface area contributed by atoms with Crippen molar-refractivity contribution in [1.29, 1.82) is 0 Å². The summed E-state index contributed by atoms with van der Waals surface area (Å²) < 4.78 is 11.8. The lowest BCUT2D eigenvalue weighted by atomic mass is 10.1. The number of carbonyl (C=O) groups is 1. The fourth-order valence-corrected chi connectivity index (χ4v) is 2.67. The van der Waals surface area contributed by atoms with Gasteiger partial charge in [-0.25, -0.2) is 0 Å². The Kier molecular flexibility index (Phi) is 4.34. The zero-order valence-electron chi connectivity index (χ0n) is 12.2. The van der Waals surface area contributed by atoms with E-state index in [1.807, 2.05) is 37.3 Å². The quantitative estimate of drug-likeness (QED) is 0.906. The van der Waals surface area contributed by atoms with Crippen molar-refractivity contribution in [2.75, 3.05) is 18.5 Å². The summed E-state index contributed by atoms with van der Waals surface area (Å²) in [6.07, 6.45) is 0.334. The van der Waals surface area contributed by atoms with Gasteiger partial charge in [0.25, 0.3) is 0 Å². The van der Waals surface area contributed by atoms with Gasteiger partial charge in [0.15, 0.2) is 11.5 Å². The number of fused-ring (bicyclic) bond motifs is 1. The number of hydrogen-bond donors (Lipinski definition) is 1. The number of rotatable bonds is 3. The van der Waals surface area contributed by atoms with E-state index in [1.54, 1.807) is 6.07 Å². The fraction of sp³-hybridized carbons (Fsp3) is 0.235. The summed E-state index contributed by atoms with van der Waals surface area (Å²) in [7, 11) is 0. The molecule has 0 saturated carbocycles. The number of amides is 1. The molecule has 0 atom stereocenters. The first-order valence-electron chi connectivity index (χ1n) is 7.06. The molecule has 0 bridgehead atoms. The monoisotopic (exact) mass is 361 g/mol. The van der Waals surface area contributed by atoms with Crippen molar-refractivity contribution in [3.63, 3.8) is 0 Å². The highest BCUT2D eigenvalue weighted by atomic mass is 79.9. The van der Waals surface area contributed by atoms with E-state index in [0.29, 0.717) is 36.8 Å². The molecular formula is C17H16BrNO3. The third-order valence-electron chi connectivity index (χ3n) is 3.39. The maximum Gasteiger partial charge on any atom is 0.228 e. The molecule has 1 amide bonds. The molecule has 0 spiro atoms. The summed E-state index contributed by atoms with van der Waals surface area (Å²) in [4.78, 5) is 12.2. The molecule has 3 rings (SSSR count). The molecule has 0 saturated heterocycles. The molecule has 1 aliphatic rings. The lowest BCUT2D eigenvalue weighted by Crippen LogP contribution is -2.17. The lowest BCUT2D eigenvalue weighted by Gasteiger charge is -2.20. The van der Waals surface area contributed by atoms with Gasteiger partial charge in [0.1, 0.15) is 13.2 Å². The Morgan fingerprint density at radius 3 is 2.45 bits per heavy atom. The van der Waals surface area contributed by atoms with E-state index in [4.69, 9.17) is 9.47 Å². The van der Waals surface area contributed by atoms with Crippen molar-refractivity contribution in [3.8, 4) is 11.5 Å². The predicted octanol–water partition coefficient (Wildman–Crippen LogP) is 3.71. The summed E-state index contributed by atoms with van der Waals surface area (Å²) in [5.41, 5.74) is 2.84. The van der Waals surface area contributed by atoms with Crippen molar-refractivity contribution < 1.29 is 14.3 Å². The Bertz CT molecular complexity index is 698. The number of ether oxygens (including phenoxy) is 2. The molecule has 1 aliphatic heterocycles. The standard InChI is InChI=1S/C17H16BrNO3/c1-11-2-4-12(5-3-11)8-17(20)19-14-10-16-15(9-13(14)18)21-6-7-22-16/h2-5,9-10H,6-8H2,1H3,(H,19,20). The number of aryl methyl sites for hydroxylation is 1. The normalized spacial score (nSPS) is 12.8. The van der Waals surface area contributed by atoms with Crippen LogP contribution in [0.5, 0.6) is 11.5 Å². The number of hydrogen-bond acceptors (Lipinski definition) is 3. The third kappa shape index (κ3) is 3.42. The second-order valence-corrected chi connectivity index (χ2v) is 6.04. The number of halogens is 1. The molecule has 22 heavy (non-hydrogen) atoms. The van der Waals surface area contributed by atoms with Crippen LogP contribution in [0.2, 0.25) is 0 Å². The Balaban J connectivity index is 1.72. The minimum Gasteiger partial charge on any atom is -0.486 e. The predicted molar refractivity (Wildman–Crippen MR) is 88.6 cm³/mol. The van der Waals surface area contributed by atoms with Crippen LogP contribution in [0.4, 0.5) is 5.69 Å². The number of nitrogens with one attached hydrogen (secondary N) is 1. The fourth-order valence-electron chi connectivity index (χ4n) is 2.25. The highest BCUT2D eigenvalue weighted by Crippen LogP contribution is 2.38. The second-order valence-electron chi connectivity index (χ2n) is 5.19. The molecule has 0 fully saturated rings. The van der Waals surface area contributed by atoms with Gasteiger partial charge in [0, 0.05) is 16.6 Å². The maximum absolute atomic E-state index is 12.2. The van der Waals surface area contributed by atoms with Crippen molar-refractivity contribution in [2.45, 2.75) is 13.3 Å². The number of carbonyl (C=O) groups excluding carboxylic acids is 1. The molecule has 0 aromatic heterocycles. The van der Waals surface area contributed by atoms with Crippen LogP contribution in [-0.2, 0) is 11.2 Å².